The maximum Gasteiger partial charge on any atom is 0.0517 e. The number of anilines is 6. The fourth-order valence-electron chi connectivity index (χ4n) is 20.3. The maximum atomic E-state index is 4.70. The highest BCUT2D eigenvalue weighted by molar-refractivity contribution is 6.32. The number of fused-ring (bicyclic) bond motifs is 10. The zero-order chi connectivity index (χ0) is 62.4. The molecule has 3 aliphatic carbocycles. The summed E-state index contributed by atoms with van der Waals surface area (Å²) in [6, 6.07) is 67.5. The predicted octanol–water partition coefficient (Wildman–Crippen LogP) is 22.7. The second kappa shape index (κ2) is 19.6. The molecule has 0 N–H and O–H groups in total. The highest BCUT2D eigenvalue weighted by Gasteiger charge is 2.60. The monoisotopic (exact) mass is 1200 g/mol. The van der Waals surface area contributed by atoms with Gasteiger partial charge in [0.25, 0.3) is 0 Å². The van der Waals surface area contributed by atoms with Crippen LogP contribution in [0.2, 0.25) is 0 Å². The van der Waals surface area contributed by atoms with Crippen LogP contribution in [0.3, 0.4) is 0 Å². The van der Waals surface area contributed by atoms with Crippen molar-refractivity contribution < 1.29 is 0 Å². The van der Waals surface area contributed by atoms with Crippen molar-refractivity contribution in [2.75, 3.05) is 14.7 Å². The largest absolute Gasteiger partial charge is 0.334 e. The molecule has 0 amide bonds. The van der Waals surface area contributed by atoms with E-state index in [4.69, 9.17) is 15.0 Å². The smallest absolute Gasteiger partial charge is 0.0517 e. The van der Waals surface area contributed by atoms with Gasteiger partial charge in [0.15, 0.2) is 0 Å². The van der Waals surface area contributed by atoms with Gasteiger partial charge in [-0.1, -0.05) is 144 Å². The molecule has 12 aromatic rings. The van der Waals surface area contributed by atoms with E-state index in [1.165, 1.54) is 177 Å². The standard InChI is InChI=1S/C86H82N6/c1-53-45-60(33-42-87-53)90-76-30-23-57(48-73(76)81(4)36-12-15-39-84(81,90)7)69-51-70(58-24-31-77-74(49-58)82(5)37-13-16-40-85(82,8)91(77)61-34-43-88-54(2)46-61)66-28-29-68-72(64-22-18-20-56-19-10-11-21-63(56)64)52-71(67-27-26-65(69)79(66)80(67)68)59-25-32-78-75(50-59)83(6)38-14-17-41-86(83,9)92(78)62-35-44-89-55(3)47-62/h10-11,18-35,42-52H,12-17,36-41H2,1-9H3. The van der Waals surface area contributed by atoms with Crippen LogP contribution in [0, 0.1) is 20.8 Å². The fraction of sp³-hybridized carbons (Fsp3) is 0.314. The molecule has 0 bridgehead atoms. The first kappa shape index (κ1) is 55.9. The molecule has 456 valence electrons. The second-order valence-corrected chi connectivity index (χ2v) is 30.1. The zero-order valence-corrected chi connectivity index (χ0v) is 55.1. The van der Waals surface area contributed by atoms with E-state index in [2.05, 4.69) is 247 Å². The van der Waals surface area contributed by atoms with Crippen LogP contribution in [-0.2, 0) is 16.2 Å². The molecule has 0 saturated heterocycles. The van der Waals surface area contributed by atoms with Crippen LogP contribution in [0.4, 0.5) is 34.1 Å². The van der Waals surface area contributed by atoms with Gasteiger partial charge in [-0.2, -0.15) is 0 Å². The summed E-state index contributed by atoms with van der Waals surface area (Å²) in [5.74, 6) is 0. The minimum atomic E-state index is -0.0971. The van der Waals surface area contributed by atoms with Crippen molar-refractivity contribution >= 4 is 77.2 Å². The summed E-state index contributed by atoms with van der Waals surface area (Å²) in [6.07, 6.45) is 20.2. The number of benzene rings is 9. The molecule has 6 aliphatic rings. The van der Waals surface area contributed by atoms with E-state index in [1.54, 1.807) is 0 Å². The Balaban J connectivity index is 0.929. The molecule has 0 spiro atoms. The molecule has 6 heterocycles. The highest BCUT2D eigenvalue weighted by Crippen LogP contribution is 2.65. The van der Waals surface area contributed by atoms with E-state index in [9.17, 15) is 0 Å². The van der Waals surface area contributed by atoms with Crippen LogP contribution in [0.15, 0.2) is 188 Å². The molecule has 3 fully saturated rings. The third kappa shape index (κ3) is 7.41. The summed E-state index contributed by atoms with van der Waals surface area (Å²) in [4.78, 5) is 22.2. The topological polar surface area (TPSA) is 48.4 Å². The molecule has 3 aromatic heterocycles. The first-order valence-electron chi connectivity index (χ1n) is 34.4. The van der Waals surface area contributed by atoms with Gasteiger partial charge < -0.3 is 14.7 Å². The van der Waals surface area contributed by atoms with Crippen LogP contribution in [0.5, 0.6) is 0 Å². The molecule has 9 aromatic carbocycles. The molecule has 3 aliphatic heterocycles. The Morgan fingerprint density at radius 3 is 1.04 bits per heavy atom. The molecule has 0 radical (unpaired) electrons. The molecule has 3 saturated carbocycles. The lowest BCUT2D eigenvalue weighted by atomic mass is 9.61. The number of aryl methyl sites for hydroxylation is 3. The third-order valence-electron chi connectivity index (χ3n) is 25.6. The number of aromatic nitrogens is 3. The Bertz CT molecular complexity index is 4940. The molecule has 92 heavy (non-hydrogen) atoms. The van der Waals surface area contributed by atoms with Gasteiger partial charge in [-0.3, -0.25) is 15.0 Å². The lowest BCUT2D eigenvalue weighted by Crippen LogP contribution is -2.54. The van der Waals surface area contributed by atoms with Crippen molar-refractivity contribution in [1.29, 1.82) is 0 Å². The van der Waals surface area contributed by atoms with E-state index in [1.807, 2.05) is 18.6 Å². The van der Waals surface area contributed by atoms with Crippen molar-refractivity contribution in [3.8, 4) is 44.5 Å². The number of hydrogen-bond donors (Lipinski definition) is 0. The molecule has 18 rings (SSSR count). The van der Waals surface area contributed by atoms with E-state index in [-0.39, 0.29) is 32.9 Å². The fourth-order valence-corrected chi connectivity index (χ4v) is 20.3. The summed E-state index contributed by atoms with van der Waals surface area (Å²) in [6.45, 7) is 21.8. The Labute approximate surface area is 542 Å². The van der Waals surface area contributed by atoms with Gasteiger partial charge in [0.1, 0.15) is 0 Å². The summed E-state index contributed by atoms with van der Waals surface area (Å²) < 4.78 is 0. The Morgan fingerprint density at radius 2 is 0.652 bits per heavy atom. The lowest BCUT2D eigenvalue weighted by Gasteiger charge is -2.50. The maximum absolute atomic E-state index is 4.70. The highest BCUT2D eigenvalue weighted by atomic mass is 15.3. The van der Waals surface area contributed by atoms with Crippen LogP contribution in [0.1, 0.15) is 152 Å². The van der Waals surface area contributed by atoms with E-state index in [0.29, 0.717) is 0 Å². The first-order chi connectivity index (χ1) is 44.5. The van der Waals surface area contributed by atoms with Gasteiger partial charge in [-0.05, 0) is 269 Å². The van der Waals surface area contributed by atoms with Crippen molar-refractivity contribution in [3.63, 3.8) is 0 Å². The number of nitrogens with zero attached hydrogens (tertiary/aromatic N) is 6. The molecule has 6 unspecified atom stereocenters. The second-order valence-electron chi connectivity index (χ2n) is 30.1. The Kier molecular flexibility index (Phi) is 11.9. The molecular formula is C86H82N6. The van der Waals surface area contributed by atoms with Crippen molar-refractivity contribution in [2.24, 2.45) is 0 Å². The van der Waals surface area contributed by atoms with Gasteiger partial charge >= 0.3 is 0 Å². The van der Waals surface area contributed by atoms with Crippen LogP contribution < -0.4 is 14.7 Å². The van der Waals surface area contributed by atoms with Crippen LogP contribution >= 0.6 is 0 Å². The van der Waals surface area contributed by atoms with Crippen LogP contribution in [0.25, 0.3) is 87.6 Å². The van der Waals surface area contributed by atoms with Crippen molar-refractivity contribution in [2.45, 2.75) is 172 Å². The molecular weight excluding hydrogens is 1120 g/mol. The molecule has 6 heteroatoms. The summed E-state index contributed by atoms with van der Waals surface area (Å²) in [5.41, 5.74) is 25.0. The molecule has 6 nitrogen and oxygen atoms in total. The van der Waals surface area contributed by atoms with E-state index >= 15 is 0 Å². The van der Waals surface area contributed by atoms with Crippen LogP contribution in [-0.4, -0.2) is 31.6 Å². The minimum absolute atomic E-state index is 0.0631. The van der Waals surface area contributed by atoms with Gasteiger partial charge in [0.2, 0.25) is 0 Å². The number of rotatable bonds is 7. The molecule has 6 atom stereocenters. The third-order valence-corrected chi connectivity index (χ3v) is 25.6. The average Bonchev–Trinajstić information content (AvgIpc) is 1.12. The van der Waals surface area contributed by atoms with Crippen molar-refractivity contribution in [1.82, 2.24) is 15.0 Å². The number of hydrogen-bond acceptors (Lipinski definition) is 6. The zero-order valence-electron chi connectivity index (χ0n) is 55.1. The number of pyridine rings is 3. The summed E-state index contributed by atoms with van der Waals surface area (Å²) in [7, 11) is 0. The minimum Gasteiger partial charge on any atom is -0.334 e. The lowest BCUT2D eigenvalue weighted by molar-refractivity contribution is 0.195. The Hall–Kier alpha value is -8.87. The van der Waals surface area contributed by atoms with Gasteiger partial charge in [-0.25, -0.2) is 0 Å². The quantitative estimate of drug-likeness (QED) is 0.148. The van der Waals surface area contributed by atoms with Gasteiger partial charge in [0.05, 0.1) is 16.6 Å². The average molecular weight is 1200 g/mol. The Morgan fingerprint density at radius 1 is 0.304 bits per heavy atom. The van der Waals surface area contributed by atoms with E-state index in [0.717, 1.165) is 55.6 Å². The van der Waals surface area contributed by atoms with Crippen molar-refractivity contribution in [3.05, 3.63) is 222 Å². The van der Waals surface area contributed by atoms with Gasteiger partial charge in [0, 0.05) is 86.0 Å². The van der Waals surface area contributed by atoms with Gasteiger partial charge in [-0.15, -0.1) is 0 Å². The first-order valence-corrected chi connectivity index (χ1v) is 34.4. The predicted molar refractivity (Wildman–Crippen MR) is 385 cm³/mol. The summed E-state index contributed by atoms with van der Waals surface area (Å²) in [5, 5.41) is 10.4. The van der Waals surface area contributed by atoms with E-state index < -0.39 is 0 Å². The summed E-state index contributed by atoms with van der Waals surface area (Å²) >= 11 is 0. The SMILES string of the molecule is Cc1cc(N2c3ccc(-c4cc(-c5ccc6c(c5)C5(C)CCCCC5(C)N6c5ccnc(C)c5)c5ccc6c(-c7cccc8ccccc78)cc(-c7ccc8c(c7)C7(C)CCCCC7(C)N8c7ccnc(C)c7)c7ccc4c5c76)cc3C3(C)CCCCC23C)ccn1. The normalized spacial score (nSPS) is 25.6.